The maximum atomic E-state index is 12.3. The summed E-state index contributed by atoms with van der Waals surface area (Å²) in [4.78, 5) is 25.5. The molecule has 0 spiro atoms. The Kier molecular flexibility index (Phi) is 5.53. The second-order valence-corrected chi connectivity index (χ2v) is 5.02. The van der Waals surface area contributed by atoms with Gasteiger partial charge in [-0.15, -0.1) is 0 Å². The maximum Gasteiger partial charge on any atom is 0.244 e. The predicted molar refractivity (Wildman–Crippen MR) is 90.8 cm³/mol. The molecule has 6 heteroatoms. The molecule has 2 aromatic rings. The van der Waals surface area contributed by atoms with Crippen LogP contribution in [-0.4, -0.2) is 25.5 Å². The molecule has 0 unspecified atom stereocenters. The predicted octanol–water partition coefficient (Wildman–Crippen LogP) is 2.56. The van der Waals surface area contributed by atoms with Crippen LogP contribution in [-0.2, 0) is 9.59 Å². The van der Waals surface area contributed by atoms with Crippen molar-refractivity contribution in [1.82, 2.24) is 0 Å². The molecular weight excluding hydrogens is 306 g/mol. The third kappa shape index (κ3) is 4.11. The van der Waals surface area contributed by atoms with Gasteiger partial charge < -0.3 is 15.0 Å². The summed E-state index contributed by atoms with van der Waals surface area (Å²) in [5.74, 6) is -0.121. The lowest BCUT2D eigenvalue weighted by molar-refractivity contribution is -0.120. The number of amides is 2. The van der Waals surface area contributed by atoms with E-state index in [9.17, 15) is 9.59 Å². The van der Waals surface area contributed by atoms with Crippen LogP contribution in [0.15, 0.2) is 48.5 Å². The highest BCUT2D eigenvalue weighted by atomic mass is 16.5. The minimum Gasteiger partial charge on any atom is -0.495 e. The third-order valence-corrected chi connectivity index (χ3v) is 3.35. The molecule has 0 bridgehead atoms. The maximum absolute atomic E-state index is 12.3. The molecule has 0 aliphatic rings. The number of nitrogens with one attached hydrogen (secondary N) is 1. The van der Waals surface area contributed by atoms with Crippen molar-refractivity contribution < 1.29 is 14.3 Å². The van der Waals surface area contributed by atoms with Gasteiger partial charge in [0.05, 0.1) is 24.4 Å². The lowest BCUT2D eigenvalue weighted by atomic mass is 10.2. The topological polar surface area (TPSA) is 82.4 Å². The second-order valence-electron chi connectivity index (χ2n) is 5.02. The van der Waals surface area contributed by atoms with Crippen LogP contribution in [0.5, 0.6) is 5.75 Å². The highest BCUT2D eigenvalue weighted by molar-refractivity contribution is 6.02. The largest absolute Gasteiger partial charge is 0.495 e. The molecule has 2 amide bonds. The smallest absolute Gasteiger partial charge is 0.244 e. The van der Waals surface area contributed by atoms with Gasteiger partial charge in [-0.2, -0.15) is 5.26 Å². The van der Waals surface area contributed by atoms with Gasteiger partial charge in [-0.3, -0.25) is 9.59 Å². The molecule has 0 aliphatic carbocycles. The van der Waals surface area contributed by atoms with Crippen LogP contribution in [0.2, 0.25) is 0 Å². The van der Waals surface area contributed by atoms with Crippen molar-refractivity contribution in [2.24, 2.45) is 0 Å². The summed E-state index contributed by atoms with van der Waals surface area (Å²) < 4.78 is 5.18. The van der Waals surface area contributed by atoms with Crippen LogP contribution >= 0.6 is 0 Å². The van der Waals surface area contributed by atoms with E-state index in [1.807, 2.05) is 6.07 Å². The zero-order valence-electron chi connectivity index (χ0n) is 13.4. The minimum absolute atomic E-state index is 0.164. The van der Waals surface area contributed by atoms with Crippen LogP contribution in [0.3, 0.4) is 0 Å². The Labute approximate surface area is 140 Å². The molecule has 6 nitrogen and oxygen atoms in total. The van der Waals surface area contributed by atoms with Crippen LogP contribution in [0.25, 0.3) is 0 Å². The molecule has 0 atom stereocenters. The SMILES string of the molecule is COc1ccccc1NC(=O)CN(C(C)=O)c1cccc(C#N)c1. The summed E-state index contributed by atoms with van der Waals surface area (Å²) in [7, 11) is 1.51. The van der Waals surface area contributed by atoms with Crippen molar-refractivity contribution in [3.05, 3.63) is 54.1 Å². The summed E-state index contributed by atoms with van der Waals surface area (Å²) in [5, 5.41) is 11.7. The number of carbonyl (C=O) groups excluding carboxylic acids is 2. The van der Waals surface area contributed by atoms with E-state index in [0.29, 0.717) is 22.7 Å². The summed E-state index contributed by atoms with van der Waals surface area (Å²) in [6.07, 6.45) is 0. The van der Waals surface area contributed by atoms with E-state index in [1.54, 1.807) is 48.5 Å². The number of hydrogen-bond acceptors (Lipinski definition) is 4. The first-order chi connectivity index (χ1) is 11.5. The van der Waals surface area contributed by atoms with E-state index in [0.717, 1.165) is 0 Å². The Morgan fingerprint density at radius 1 is 1.21 bits per heavy atom. The number of methoxy groups -OCH3 is 1. The van der Waals surface area contributed by atoms with Gasteiger partial charge in [-0.25, -0.2) is 0 Å². The molecule has 0 heterocycles. The standard InChI is InChI=1S/C18H17N3O3/c1-13(22)21(15-7-5-6-14(10-15)11-19)12-18(23)20-16-8-3-4-9-17(16)24-2/h3-10H,12H2,1-2H3,(H,20,23). The Morgan fingerprint density at radius 2 is 1.96 bits per heavy atom. The fourth-order valence-corrected chi connectivity index (χ4v) is 2.21. The first-order valence-corrected chi connectivity index (χ1v) is 7.26. The van der Waals surface area contributed by atoms with Crippen molar-refractivity contribution in [3.63, 3.8) is 0 Å². The fraction of sp³-hybridized carbons (Fsp3) is 0.167. The molecule has 1 N–H and O–H groups in total. The molecule has 0 radical (unpaired) electrons. The Hall–Kier alpha value is -3.33. The summed E-state index contributed by atoms with van der Waals surface area (Å²) in [5.41, 5.74) is 1.44. The van der Waals surface area contributed by atoms with Gasteiger partial charge in [-0.1, -0.05) is 18.2 Å². The highest BCUT2D eigenvalue weighted by Crippen LogP contribution is 2.23. The third-order valence-electron chi connectivity index (χ3n) is 3.35. The van der Waals surface area contributed by atoms with Gasteiger partial charge in [0.1, 0.15) is 12.3 Å². The van der Waals surface area contributed by atoms with Crippen molar-refractivity contribution in [2.45, 2.75) is 6.92 Å². The normalized spacial score (nSPS) is 9.71. The number of ether oxygens (including phenoxy) is 1. The average molecular weight is 323 g/mol. The monoisotopic (exact) mass is 323 g/mol. The first-order valence-electron chi connectivity index (χ1n) is 7.26. The Morgan fingerprint density at radius 3 is 2.62 bits per heavy atom. The summed E-state index contributed by atoms with van der Waals surface area (Å²) in [6.45, 7) is 1.21. The average Bonchev–Trinajstić information content (AvgIpc) is 2.60. The molecule has 0 saturated heterocycles. The Balaban J connectivity index is 2.17. The van der Waals surface area contributed by atoms with E-state index in [2.05, 4.69) is 5.32 Å². The van der Waals surface area contributed by atoms with Crippen LogP contribution in [0.4, 0.5) is 11.4 Å². The van der Waals surface area contributed by atoms with Gasteiger partial charge in [0.15, 0.2) is 0 Å². The summed E-state index contributed by atoms with van der Waals surface area (Å²) in [6, 6.07) is 15.6. The number of hydrogen-bond donors (Lipinski definition) is 1. The number of carbonyl (C=O) groups is 2. The number of rotatable bonds is 5. The molecule has 0 aliphatic heterocycles. The highest BCUT2D eigenvalue weighted by Gasteiger charge is 2.17. The number of anilines is 2. The fourth-order valence-electron chi connectivity index (χ4n) is 2.21. The molecule has 2 aromatic carbocycles. The van der Waals surface area contributed by atoms with E-state index >= 15 is 0 Å². The van der Waals surface area contributed by atoms with Crippen molar-refractivity contribution >= 4 is 23.2 Å². The first kappa shape index (κ1) is 17.0. The van der Waals surface area contributed by atoms with Crippen molar-refractivity contribution in [2.75, 3.05) is 23.9 Å². The van der Waals surface area contributed by atoms with E-state index in [1.165, 1.54) is 18.9 Å². The molecule has 0 fully saturated rings. The zero-order valence-corrected chi connectivity index (χ0v) is 13.4. The molecule has 0 aromatic heterocycles. The van der Waals surface area contributed by atoms with Gasteiger partial charge in [0.2, 0.25) is 11.8 Å². The molecule has 122 valence electrons. The van der Waals surface area contributed by atoms with E-state index in [-0.39, 0.29) is 18.4 Å². The molecular formula is C18H17N3O3. The minimum atomic E-state index is -0.364. The van der Waals surface area contributed by atoms with Crippen LogP contribution in [0.1, 0.15) is 12.5 Å². The van der Waals surface area contributed by atoms with Gasteiger partial charge in [-0.05, 0) is 30.3 Å². The summed E-state index contributed by atoms with van der Waals surface area (Å²) >= 11 is 0. The molecule has 0 saturated carbocycles. The quantitative estimate of drug-likeness (QED) is 0.916. The van der Waals surface area contributed by atoms with Crippen LogP contribution in [0, 0.1) is 11.3 Å². The lowest BCUT2D eigenvalue weighted by Gasteiger charge is -2.21. The van der Waals surface area contributed by atoms with Crippen molar-refractivity contribution in [3.8, 4) is 11.8 Å². The van der Waals surface area contributed by atoms with Gasteiger partial charge in [0, 0.05) is 12.6 Å². The zero-order chi connectivity index (χ0) is 17.5. The van der Waals surface area contributed by atoms with E-state index < -0.39 is 0 Å². The Bertz CT molecular complexity index is 796. The van der Waals surface area contributed by atoms with Crippen molar-refractivity contribution in [1.29, 1.82) is 5.26 Å². The van der Waals surface area contributed by atoms with Crippen LogP contribution < -0.4 is 15.0 Å². The molecule has 2 rings (SSSR count). The molecule has 24 heavy (non-hydrogen) atoms. The van der Waals surface area contributed by atoms with E-state index in [4.69, 9.17) is 10.00 Å². The number of para-hydroxylation sites is 2. The van der Waals surface area contributed by atoms with Gasteiger partial charge >= 0.3 is 0 Å². The van der Waals surface area contributed by atoms with Gasteiger partial charge in [0.25, 0.3) is 0 Å². The number of benzene rings is 2. The second kappa shape index (κ2) is 7.79. The number of nitrogens with zero attached hydrogens (tertiary/aromatic N) is 2. The lowest BCUT2D eigenvalue weighted by Crippen LogP contribution is -2.36. The number of nitriles is 1.